The predicted molar refractivity (Wildman–Crippen MR) is 71.7 cm³/mol. The highest BCUT2D eigenvalue weighted by Crippen LogP contribution is 2.15. The molecule has 0 radical (unpaired) electrons. The van der Waals surface area contributed by atoms with Gasteiger partial charge in [0.1, 0.15) is 8.07 Å². The standard InChI is InChI=1S/C12H22Si2/c1-8-12(14(5,6)7)10-9-11-13(2,3)4/h1,10H2,2-7H3. The van der Waals surface area contributed by atoms with Gasteiger partial charge in [-0.15, -0.1) is 17.2 Å². The van der Waals surface area contributed by atoms with Gasteiger partial charge in [-0.1, -0.05) is 45.9 Å². The quantitative estimate of drug-likeness (QED) is 0.378. The molecule has 14 heavy (non-hydrogen) atoms. The van der Waals surface area contributed by atoms with Crippen LogP contribution in [0.2, 0.25) is 39.3 Å². The maximum atomic E-state index is 3.76. The molecule has 78 valence electrons. The SMILES string of the molecule is C=C=C(CC#C[Si](C)(C)C)[Si](C)(C)C. The summed E-state index contributed by atoms with van der Waals surface area (Å²) in [7, 11) is -2.43. The van der Waals surface area contributed by atoms with Crippen molar-refractivity contribution in [2.75, 3.05) is 0 Å². The van der Waals surface area contributed by atoms with E-state index < -0.39 is 16.1 Å². The fraction of sp³-hybridized carbons (Fsp3) is 0.583. The Kier molecular flexibility index (Phi) is 4.67. The molecule has 0 aliphatic carbocycles. The van der Waals surface area contributed by atoms with Crippen LogP contribution >= 0.6 is 0 Å². The molecule has 0 aromatic rings. The molecule has 0 saturated carbocycles. The first-order valence-electron chi connectivity index (χ1n) is 5.06. The highest BCUT2D eigenvalue weighted by Gasteiger charge is 2.18. The Morgan fingerprint density at radius 3 is 1.86 bits per heavy atom. The van der Waals surface area contributed by atoms with Crippen molar-refractivity contribution in [3.05, 3.63) is 17.5 Å². The highest BCUT2D eigenvalue weighted by atomic mass is 28.3. The molecule has 0 atom stereocenters. The predicted octanol–water partition coefficient (Wildman–Crippen LogP) is 3.85. The normalized spacial score (nSPS) is 11.3. The molecule has 0 unspecified atom stereocenters. The van der Waals surface area contributed by atoms with Gasteiger partial charge >= 0.3 is 0 Å². The third-order valence-electron chi connectivity index (χ3n) is 1.85. The minimum absolute atomic E-state index is 0.878. The van der Waals surface area contributed by atoms with Crippen molar-refractivity contribution in [1.82, 2.24) is 0 Å². The number of rotatable bonds is 2. The Morgan fingerprint density at radius 1 is 1.07 bits per heavy atom. The second kappa shape index (κ2) is 4.84. The topological polar surface area (TPSA) is 0 Å². The van der Waals surface area contributed by atoms with Crippen LogP contribution in [0.4, 0.5) is 0 Å². The largest absolute Gasteiger partial charge is 0.133 e. The summed E-state index contributed by atoms with van der Waals surface area (Å²) in [5.41, 5.74) is 6.45. The van der Waals surface area contributed by atoms with Gasteiger partial charge in [0.15, 0.2) is 0 Å². The van der Waals surface area contributed by atoms with E-state index >= 15 is 0 Å². The van der Waals surface area contributed by atoms with Crippen LogP contribution < -0.4 is 0 Å². The molecule has 0 aliphatic heterocycles. The smallest absolute Gasteiger partial charge is 0.129 e. The monoisotopic (exact) mass is 222 g/mol. The zero-order chi connectivity index (χ0) is 11.4. The summed E-state index contributed by atoms with van der Waals surface area (Å²) in [6.07, 6.45) is 0.878. The molecule has 0 bridgehead atoms. The molecule has 0 amide bonds. The van der Waals surface area contributed by atoms with Crippen molar-refractivity contribution in [2.24, 2.45) is 0 Å². The van der Waals surface area contributed by atoms with Crippen molar-refractivity contribution >= 4 is 16.1 Å². The summed E-state index contributed by atoms with van der Waals surface area (Å²) in [6, 6.07) is 0. The number of allylic oxidation sites excluding steroid dienone is 1. The molecular formula is C12H22Si2. The van der Waals surface area contributed by atoms with E-state index in [2.05, 4.69) is 63.1 Å². The summed E-state index contributed by atoms with van der Waals surface area (Å²) >= 11 is 0. The van der Waals surface area contributed by atoms with Crippen LogP contribution in [0.3, 0.4) is 0 Å². The van der Waals surface area contributed by atoms with E-state index in [0.717, 1.165) is 6.42 Å². The van der Waals surface area contributed by atoms with Crippen LogP contribution in [0.15, 0.2) is 17.5 Å². The lowest BCUT2D eigenvalue weighted by Gasteiger charge is -2.16. The van der Waals surface area contributed by atoms with Gasteiger partial charge in [-0.25, -0.2) is 0 Å². The summed E-state index contributed by atoms with van der Waals surface area (Å²) in [5, 5.41) is 1.35. The van der Waals surface area contributed by atoms with Gasteiger partial charge < -0.3 is 0 Å². The summed E-state index contributed by atoms with van der Waals surface area (Å²) in [4.78, 5) is 0. The van der Waals surface area contributed by atoms with Crippen LogP contribution in [0.1, 0.15) is 6.42 Å². The molecule has 0 aromatic carbocycles. The molecular weight excluding hydrogens is 200 g/mol. The van der Waals surface area contributed by atoms with Gasteiger partial charge in [0.05, 0.1) is 8.07 Å². The van der Waals surface area contributed by atoms with Crippen LogP contribution in [0.5, 0.6) is 0 Å². The molecule has 0 nitrogen and oxygen atoms in total. The zero-order valence-corrected chi connectivity index (χ0v) is 12.4. The third kappa shape index (κ3) is 6.04. The van der Waals surface area contributed by atoms with E-state index in [1.807, 2.05) is 0 Å². The molecule has 0 heterocycles. The molecule has 0 spiro atoms. The van der Waals surface area contributed by atoms with Crippen molar-refractivity contribution in [3.8, 4) is 11.5 Å². The van der Waals surface area contributed by atoms with Gasteiger partial charge in [-0.05, 0) is 5.20 Å². The fourth-order valence-corrected chi connectivity index (χ4v) is 2.76. The molecule has 0 aromatic heterocycles. The van der Waals surface area contributed by atoms with E-state index in [1.54, 1.807) is 0 Å². The lowest BCUT2D eigenvalue weighted by atomic mass is 10.4. The van der Waals surface area contributed by atoms with Gasteiger partial charge in [-0.3, -0.25) is 0 Å². The summed E-state index contributed by atoms with van der Waals surface area (Å²) in [5.74, 6) is 3.29. The minimum Gasteiger partial charge on any atom is -0.133 e. The molecule has 0 aliphatic rings. The molecule has 0 saturated heterocycles. The van der Waals surface area contributed by atoms with E-state index in [9.17, 15) is 0 Å². The van der Waals surface area contributed by atoms with E-state index in [0.29, 0.717) is 0 Å². The summed E-state index contributed by atoms with van der Waals surface area (Å²) in [6.45, 7) is 17.5. The molecule has 2 heteroatoms. The van der Waals surface area contributed by atoms with Crippen LogP contribution in [-0.4, -0.2) is 16.1 Å². The van der Waals surface area contributed by atoms with E-state index in [-0.39, 0.29) is 0 Å². The Morgan fingerprint density at radius 2 is 1.57 bits per heavy atom. The average Bonchev–Trinajstić information content (AvgIpc) is 1.93. The van der Waals surface area contributed by atoms with Gasteiger partial charge in [0.25, 0.3) is 0 Å². The highest BCUT2D eigenvalue weighted by molar-refractivity contribution is 6.84. The first-order valence-corrected chi connectivity index (χ1v) is 12.1. The maximum Gasteiger partial charge on any atom is 0.129 e. The van der Waals surface area contributed by atoms with Crippen molar-refractivity contribution in [2.45, 2.75) is 45.7 Å². The Labute approximate surface area is 91.1 Å². The Balaban J connectivity index is 4.54. The average molecular weight is 222 g/mol. The lowest BCUT2D eigenvalue weighted by molar-refractivity contribution is 1.37. The van der Waals surface area contributed by atoms with Crippen molar-refractivity contribution < 1.29 is 0 Å². The Hall–Kier alpha value is -0.486. The molecule has 0 rings (SSSR count). The first-order chi connectivity index (χ1) is 6.17. The van der Waals surface area contributed by atoms with Gasteiger partial charge in [0, 0.05) is 6.42 Å². The van der Waals surface area contributed by atoms with Gasteiger partial charge in [-0.2, -0.15) is 0 Å². The molecule has 0 fully saturated rings. The second-order valence-electron chi connectivity index (χ2n) is 5.63. The lowest BCUT2D eigenvalue weighted by Crippen LogP contribution is -2.23. The van der Waals surface area contributed by atoms with Gasteiger partial charge in [0.2, 0.25) is 0 Å². The maximum absolute atomic E-state index is 3.76. The van der Waals surface area contributed by atoms with Crippen molar-refractivity contribution in [3.63, 3.8) is 0 Å². The minimum atomic E-state index is -1.23. The fourth-order valence-electron chi connectivity index (χ4n) is 0.991. The number of hydrogen-bond donors (Lipinski definition) is 0. The van der Waals surface area contributed by atoms with Crippen LogP contribution in [0, 0.1) is 11.5 Å². The number of hydrogen-bond acceptors (Lipinski definition) is 0. The van der Waals surface area contributed by atoms with Crippen LogP contribution in [-0.2, 0) is 0 Å². The van der Waals surface area contributed by atoms with E-state index in [1.165, 1.54) is 5.20 Å². The third-order valence-corrected chi connectivity index (χ3v) is 4.94. The zero-order valence-electron chi connectivity index (χ0n) is 10.4. The van der Waals surface area contributed by atoms with Crippen molar-refractivity contribution in [1.29, 1.82) is 0 Å². The molecule has 0 N–H and O–H groups in total. The van der Waals surface area contributed by atoms with E-state index in [4.69, 9.17) is 0 Å². The Bertz CT molecular complexity index is 296. The first kappa shape index (κ1) is 13.5. The van der Waals surface area contributed by atoms with Crippen LogP contribution in [0.25, 0.3) is 0 Å². The summed E-state index contributed by atoms with van der Waals surface area (Å²) < 4.78 is 0. The second-order valence-corrected chi connectivity index (χ2v) is 15.5.